The highest BCUT2D eigenvalue weighted by atomic mass is 16.5. The zero-order chi connectivity index (χ0) is 38.1. The number of ether oxygens (including phenoxy) is 3. The van der Waals surface area contributed by atoms with E-state index in [0.29, 0.717) is 16.2 Å². The second-order valence-electron chi connectivity index (χ2n) is 11.5. The van der Waals surface area contributed by atoms with Crippen molar-refractivity contribution in [3.05, 3.63) is 122 Å². The third kappa shape index (κ3) is 5.57. The van der Waals surface area contributed by atoms with Gasteiger partial charge in [0.15, 0.2) is 0 Å². The molecule has 15 heteroatoms. The molecule has 0 radical (unpaired) electrons. The lowest BCUT2D eigenvalue weighted by Crippen LogP contribution is -2.52. The largest absolute Gasteiger partial charge is 0.497 e. The molecule has 0 saturated carbocycles. The molecule has 6 aromatic carbocycles. The Morgan fingerprint density at radius 3 is 0.944 bits per heavy atom. The third-order valence-corrected chi connectivity index (χ3v) is 8.85. The van der Waals surface area contributed by atoms with E-state index in [2.05, 4.69) is 15.0 Å². The average molecular weight is 721 g/mol. The first kappa shape index (κ1) is 34.5. The van der Waals surface area contributed by atoms with Gasteiger partial charge in [-0.25, -0.2) is 42.5 Å². The van der Waals surface area contributed by atoms with Gasteiger partial charge in [0.1, 0.15) is 17.2 Å². The molecule has 0 aliphatic carbocycles. The number of nitrogens with zero attached hydrogens (tertiary/aromatic N) is 6. The van der Waals surface area contributed by atoms with Crippen molar-refractivity contribution in [1.29, 1.82) is 0 Å². The lowest BCUT2D eigenvalue weighted by molar-refractivity contribution is 0.415. The van der Waals surface area contributed by atoms with Crippen LogP contribution in [0.2, 0.25) is 0 Å². The van der Waals surface area contributed by atoms with E-state index in [-0.39, 0.29) is 67.5 Å². The fourth-order valence-electron chi connectivity index (χ4n) is 6.50. The van der Waals surface area contributed by atoms with E-state index >= 15 is 0 Å². The van der Waals surface area contributed by atoms with Crippen LogP contribution in [0.3, 0.4) is 0 Å². The topological polar surface area (TPSA) is 182 Å². The molecule has 7 rings (SSSR count). The summed E-state index contributed by atoms with van der Waals surface area (Å²) in [5.74, 6) is 0.749. The summed E-state index contributed by atoms with van der Waals surface area (Å²) in [6.07, 6.45) is 4.54. The summed E-state index contributed by atoms with van der Waals surface area (Å²) < 4.78 is 18.8. The van der Waals surface area contributed by atoms with Crippen LogP contribution in [0.5, 0.6) is 17.2 Å². The molecular weight excluding hydrogens is 696 g/mol. The molecule has 0 N–H and O–H groups in total. The van der Waals surface area contributed by atoms with E-state index in [1.807, 2.05) is 0 Å². The van der Waals surface area contributed by atoms with E-state index in [9.17, 15) is 28.8 Å². The smallest absolute Gasteiger partial charge is 0.345 e. The third-order valence-electron chi connectivity index (χ3n) is 8.85. The minimum atomic E-state index is -1.07. The molecule has 0 atom stereocenters. The molecule has 7 aromatic rings. The molecule has 1 aromatic heterocycles. The van der Waals surface area contributed by atoms with Gasteiger partial charge in [0.05, 0.1) is 55.5 Å². The van der Waals surface area contributed by atoms with Crippen LogP contribution in [-0.4, -0.2) is 53.3 Å². The summed E-state index contributed by atoms with van der Waals surface area (Å²) in [7, 11) is 4.19. The van der Waals surface area contributed by atoms with E-state index in [1.54, 1.807) is 54.6 Å². The number of rotatable bonds is 9. The first-order valence-corrected chi connectivity index (χ1v) is 15.9. The highest BCUT2D eigenvalue weighted by molar-refractivity contribution is 6.02. The van der Waals surface area contributed by atoms with E-state index in [0.717, 1.165) is 13.7 Å². The number of aromatic nitrogens is 3. The summed E-state index contributed by atoms with van der Waals surface area (Å²) in [6.45, 7) is 0. The SMILES string of the molecule is COc1cc(N=C=O)c2cccc(-n3c(=O)n(-c4cccc5c(N=C=O)cc(OC)cc45)c(=O)n(-c4cccc5c(N=C=O)cc(OC)cc45)c3=O)c2c1. The van der Waals surface area contributed by atoms with Crippen LogP contribution in [0.15, 0.2) is 120 Å². The van der Waals surface area contributed by atoms with Gasteiger partial charge in [-0.15, -0.1) is 0 Å². The van der Waals surface area contributed by atoms with Gasteiger partial charge in [-0.3, -0.25) is 0 Å². The van der Waals surface area contributed by atoms with Crippen molar-refractivity contribution in [3.63, 3.8) is 0 Å². The number of hydrogen-bond acceptors (Lipinski definition) is 12. The average Bonchev–Trinajstić information content (AvgIpc) is 3.18. The van der Waals surface area contributed by atoms with Gasteiger partial charge >= 0.3 is 17.1 Å². The van der Waals surface area contributed by atoms with Crippen molar-refractivity contribution in [2.45, 2.75) is 0 Å². The van der Waals surface area contributed by atoms with E-state index in [1.165, 1.54) is 76.0 Å². The zero-order valence-corrected chi connectivity index (χ0v) is 28.5. The number of methoxy groups -OCH3 is 3. The second kappa shape index (κ2) is 14.0. The molecule has 0 aliphatic heterocycles. The van der Waals surface area contributed by atoms with Crippen molar-refractivity contribution >= 4 is 67.6 Å². The first-order valence-electron chi connectivity index (χ1n) is 15.9. The maximum absolute atomic E-state index is 14.9. The molecule has 0 amide bonds. The number of benzene rings is 6. The van der Waals surface area contributed by atoms with Crippen LogP contribution in [0.1, 0.15) is 0 Å². The van der Waals surface area contributed by atoms with Gasteiger partial charge in [0, 0.05) is 50.5 Å². The summed E-state index contributed by atoms with van der Waals surface area (Å²) in [4.78, 5) is 90.4. The Morgan fingerprint density at radius 2 is 0.704 bits per heavy atom. The molecule has 0 fully saturated rings. The van der Waals surface area contributed by atoms with Crippen LogP contribution < -0.4 is 31.3 Å². The quantitative estimate of drug-likeness (QED) is 0.137. The molecule has 0 bridgehead atoms. The lowest BCUT2D eigenvalue weighted by Gasteiger charge is -2.18. The van der Waals surface area contributed by atoms with Crippen molar-refractivity contribution in [3.8, 4) is 34.3 Å². The minimum Gasteiger partial charge on any atom is -0.497 e. The number of isocyanates is 3. The molecule has 0 saturated heterocycles. The Balaban J connectivity index is 1.72. The standard InChI is InChI=1S/C39H24N6O9/c1-52-22-13-28-25(31(16-22)40-19-46)7-4-10-34(28)43-37(49)44(35-11-5-8-26-29(35)14-23(53-2)17-32(26)41-20-47)39(51)45(38(43)50)36-12-6-9-27-30(36)15-24(54-3)18-33(27)42-21-48/h4-18H,1-3H3. The fourth-order valence-corrected chi connectivity index (χ4v) is 6.50. The van der Waals surface area contributed by atoms with E-state index in [4.69, 9.17) is 14.2 Å². The van der Waals surface area contributed by atoms with Gasteiger partial charge in [0.2, 0.25) is 18.2 Å². The maximum atomic E-state index is 14.9. The first-order chi connectivity index (χ1) is 26.3. The Morgan fingerprint density at radius 1 is 0.426 bits per heavy atom. The molecule has 15 nitrogen and oxygen atoms in total. The number of hydrogen-bond donors (Lipinski definition) is 0. The van der Waals surface area contributed by atoms with Gasteiger partial charge in [0.25, 0.3) is 0 Å². The Labute approximate surface area is 302 Å². The van der Waals surface area contributed by atoms with Crippen LogP contribution in [0.25, 0.3) is 49.4 Å². The number of carbonyl (C=O) groups excluding carboxylic acids is 3. The van der Waals surface area contributed by atoms with Crippen molar-refractivity contribution in [1.82, 2.24) is 13.7 Å². The van der Waals surface area contributed by atoms with Gasteiger partial charge < -0.3 is 14.2 Å². The van der Waals surface area contributed by atoms with Crippen LogP contribution in [0.4, 0.5) is 17.1 Å². The Hall–Kier alpha value is -7.95. The minimum absolute atomic E-state index is 0.0133. The maximum Gasteiger partial charge on any atom is 0.345 e. The van der Waals surface area contributed by atoms with Crippen LogP contribution in [-0.2, 0) is 14.4 Å². The molecule has 1 heterocycles. The fraction of sp³-hybridized carbons (Fsp3) is 0.0769. The summed E-state index contributed by atoms with van der Waals surface area (Å²) in [5.41, 5.74) is -2.73. The highest BCUT2D eigenvalue weighted by Gasteiger charge is 2.24. The molecule has 264 valence electrons. The molecule has 54 heavy (non-hydrogen) atoms. The summed E-state index contributed by atoms with van der Waals surface area (Å²) in [6, 6.07) is 23.2. The Bertz CT molecular complexity index is 2700. The summed E-state index contributed by atoms with van der Waals surface area (Å²) in [5, 5.41) is 1.91. The monoisotopic (exact) mass is 720 g/mol. The molecule has 0 aliphatic rings. The van der Waals surface area contributed by atoms with Gasteiger partial charge in [-0.2, -0.15) is 15.0 Å². The van der Waals surface area contributed by atoms with Crippen molar-refractivity contribution in [2.24, 2.45) is 15.0 Å². The van der Waals surface area contributed by atoms with Crippen LogP contribution >= 0.6 is 0 Å². The van der Waals surface area contributed by atoms with Gasteiger partial charge in [-0.1, -0.05) is 36.4 Å². The number of aliphatic imine (C=N–C) groups is 3. The highest BCUT2D eigenvalue weighted by Crippen LogP contribution is 2.37. The van der Waals surface area contributed by atoms with Gasteiger partial charge in [-0.05, 0) is 36.4 Å². The predicted molar refractivity (Wildman–Crippen MR) is 199 cm³/mol. The Kier molecular flexibility index (Phi) is 8.94. The van der Waals surface area contributed by atoms with Crippen molar-refractivity contribution in [2.75, 3.05) is 21.3 Å². The van der Waals surface area contributed by atoms with Crippen molar-refractivity contribution < 1.29 is 28.6 Å². The van der Waals surface area contributed by atoms with Crippen LogP contribution in [0, 0.1) is 0 Å². The molecule has 0 unspecified atom stereocenters. The molecular formula is C39H24N6O9. The summed E-state index contributed by atoms with van der Waals surface area (Å²) >= 11 is 0. The predicted octanol–water partition coefficient (Wildman–Crippen LogP) is 5.53. The number of fused-ring (bicyclic) bond motifs is 3. The lowest BCUT2D eigenvalue weighted by atomic mass is 10.1. The normalized spacial score (nSPS) is 10.7. The second-order valence-corrected chi connectivity index (χ2v) is 11.5. The molecule has 0 spiro atoms. The van der Waals surface area contributed by atoms with E-state index < -0.39 is 17.1 Å². The zero-order valence-electron chi connectivity index (χ0n) is 28.5.